The van der Waals surface area contributed by atoms with Gasteiger partial charge in [0.05, 0.1) is 12.8 Å². The first-order valence-corrected chi connectivity index (χ1v) is 8.80. The molecule has 1 aromatic carbocycles. The molecule has 2 rings (SSSR count). The minimum absolute atomic E-state index is 0. The van der Waals surface area contributed by atoms with Gasteiger partial charge in [-0.25, -0.2) is 4.99 Å². The van der Waals surface area contributed by atoms with Crippen molar-refractivity contribution >= 4 is 29.9 Å². The lowest BCUT2D eigenvalue weighted by atomic mass is 10.0. The molecule has 1 heterocycles. The average Bonchev–Trinajstić information content (AvgIpc) is 3.15. The fourth-order valence-electron chi connectivity index (χ4n) is 2.59. The maximum atomic E-state index is 10.6. The third-order valence-corrected chi connectivity index (χ3v) is 4.14. The van der Waals surface area contributed by atoms with Gasteiger partial charge >= 0.3 is 0 Å². The summed E-state index contributed by atoms with van der Waals surface area (Å²) in [6.07, 6.45) is 2.60. The molecule has 0 saturated heterocycles. The molecule has 0 aliphatic heterocycles. The molecule has 144 valence electrons. The van der Waals surface area contributed by atoms with Crippen molar-refractivity contribution in [2.24, 2.45) is 4.99 Å². The molecule has 5 nitrogen and oxygen atoms in total. The Morgan fingerprint density at radius 2 is 1.85 bits per heavy atom. The van der Waals surface area contributed by atoms with Gasteiger partial charge in [0.15, 0.2) is 5.96 Å². The summed E-state index contributed by atoms with van der Waals surface area (Å²) in [7, 11) is 2.00. The smallest absolute Gasteiger partial charge is 0.194 e. The summed E-state index contributed by atoms with van der Waals surface area (Å²) < 4.78 is 5.32. The number of furan rings is 1. The van der Waals surface area contributed by atoms with Crippen LogP contribution in [-0.4, -0.2) is 36.1 Å². The van der Waals surface area contributed by atoms with E-state index in [1.54, 1.807) is 25.3 Å². The normalized spacial score (nSPS) is 13.7. The lowest BCUT2D eigenvalue weighted by Gasteiger charge is -2.24. The summed E-state index contributed by atoms with van der Waals surface area (Å²) in [6.45, 7) is 7.63. The third-order valence-electron chi connectivity index (χ3n) is 4.14. The maximum Gasteiger partial charge on any atom is 0.194 e. The van der Waals surface area contributed by atoms with Crippen molar-refractivity contribution in [1.29, 1.82) is 0 Å². The van der Waals surface area contributed by atoms with Gasteiger partial charge in [0.25, 0.3) is 0 Å². The molecule has 0 aliphatic rings. The Kier molecular flexibility index (Phi) is 9.15. The quantitative estimate of drug-likeness (QED) is 0.367. The molecule has 2 aromatic rings. The fourth-order valence-corrected chi connectivity index (χ4v) is 2.59. The topological polar surface area (TPSA) is 61.0 Å². The summed E-state index contributed by atoms with van der Waals surface area (Å²) in [4.78, 5) is 6.65. The van der Waals surface area contributed by atoms with Crippen molar-refractivity contribution < 1.29 is 9.52 Å². The molecule has 1 atom stereocenters. The minimum Gasteiger partial charge on any atom is -0.466 e. The Balaban J connectivity index is 0.00000338. The van der Waals surface area contributed by atoms with Crippen LogP contribution in [0.25, 0.3) is 0 Å². The second-order valence-electron chi connectivity index (χ2n) is 6.45. The summed E-state index contributed by atoms with van der Waals surface area (Å²) in [5, 5.41) is 13.9. The first-order chi connectivity index (χ1) is 12.0. The highest BCUT2D eigenvalue weighted by atomic mass is 127. The largest absolute Gasteiger partial charge is 0.466 e. The number of hydrogen-bond donors (Lipinski definition) is 2. The summed E-state index contributed by atoms with van der Waals surface area (Å²) in [5.74, 6) is 1.28. The van der Waals surface area contributed by atoms with Gasteiger partial charge in [-0.15, -0.1) is 24.0 Å². The standard InChI is InChI=1S/C20H29N3O2.HI/c1-5-16-9-11-17(12-10-16)14-23(4)19(21-6-2)22-15-20(3,24)18-8-7-13-25-18;/h7-13,24H,5-6,14-15H2,1-4H3,(H,21,22);1H. The Bertz CT molecular complexity index is 667. The lowest BCUT2D eigenvalue weighted by molar-refractivity contribution is 0.0435. The first-order valence-electron chi connectivity index (χ1n) is 8.80. The van der Waals surface area contributed by atoms with Gasteiger partial charge in [-0.2, -0.15) is 0 Å². The Morgan fingerprint density at radius 3 is 2.38 bits per heavy atom. The number of aliphatic hydroxyl groups is 1. The van der Waals surface area contributed by atoms with E-state index in [-0.39, 0.29) is 30.5 Å². The second kappa shape index (κ2) is 10.6. The molecule has 0 aliphatic carbocycles. The van der Waals surface area contributed by atoms with Gasteiger partial charge in [0, 0.05) is 20.1 Å². The highest BCUT2D eigenvalue weighted by molar-refractivity contribution is 14.0. The molecule has 0 amide bonds. The van der Waals surface area contributed by atoms with Gasteiger partial charge in [-0.05, 0) is 43.5 Å². The van der Waals surface area contributed by atoms with Crippen LogP contribution in [0.15, 0.2) is 52.1 Å². The van der Waals surface area contributed by atoms with E-state index in [1.165, 1.54) is 11.1 Å². The molecule has 0 saturated carbocycles. The number of halogens is 1. The van der Waals surface area contributed by atoms with Crippen LogP contribution in [0, 0.1) is 0 Å². The molecule has 0 fully saturated rings. The average molecular weight is 471 g/mol. The number of aliphatic imine (C=N–C) groups is 1. The molecule has 0 bridgehead atoms. The van der Waals surface area contributed by atoms with Crippen molar-refractivity contribution in [2.75, 3.05) is 20.1 Å². The van der Waals surface area contributed by atoms with Crippen LogP contribution in [-0.2, 0) is 18.6 Å². The van der Waals surface area contributed by atoms with Crippen LogP contribution in [0.1, 0.15) is 37.7 Å². The number of nitrogens with one attached hydrogen (secondary N) is 1. The van der Waals surface area contributed by atoms with Crippen LogP contribution in [0.2, 0.25) is 0 Å². The monoisotopic (exact) mass is 471 g/mol. The van der Waals surface area contributed by atoms with E-state index in [0.717, 1.165) is 25.5 Å². The van der Waals surface area contributed by atoms with Gasteiger partial charge < -0.3 is 19.7 Å². The SMILES string of the molecule is CCNC(=NCC(C)(O)c1ccco1)N(C)Cc1ccc(CC)cc1.I. The van der Waals surface area contributed by atoms with Crippen LogP contribution >= 0.6 is 24.0 Å². The first kappa shape index (κ1) is 22.5. The van der Waals surface area contributed by atoms with Crippen LogP contribution in [0.3, 0.4) is 0 Å². The molecular weight excluding hydrogens is 441 g/mol. The lowest BCUT2D eigenvalue weighted by Crippen LogP contribution is -2.39. The van der Waals surface area contributed by atoms with E-state index >= 15 is 0 Å². The van der Waals surface area contributed by atoms with E-state index in [1.807, 2.05) is 14.0 Å². The Hall–Kier alpha value is -1.54. The van der Waals surface area contributed by atoms with Crippen LogP contribution in [0.4, 0.5) is 0 Å². The zero-order valence-electron chi connectivity index (χ0n) is 16.0. The summed E-state index contributed by atoms with van der Waals surface area (Å²) in [6, 6.07) is 12.2. The second-order valence-corrected chi connectivity index (χ2v) is 6.45. The molecule has 1 unspecified atom stereocenters. The van der Waals surface area contributed by atoms with Gasteiger partial charge in [-0.3, -0.25) is 0 Å². The number of guanidine groups is 1. The van der Waals surface area contributed by atoms with Crippen molar-refractivity contribution in [1.82, 2.24) is 10.2 Å². The number of nitrogens with zero attached hydrogens (tertiary/aromatic N) is 2. The number of hydrogen-bond acceptors (Lipinski definition) is 3. The predicted molar refractivity (Wildman–Crippen MR) is 117 cm³/mol. The zero-order valence-corrected chi connectivity index (χ0v) is 18.4. The van der Waals surface area contributed by atoms with Gasteiger partial charge in [-0.1, -0.05) is 31.2 Å². The van der Waals surface area contributed by atoms with Crippen molar-refractivity contribution in [3.05, 3.63) is 59.5 Å². The van der Waals surface area contributed by atoms with E-state index in [0.29, 0.717) is 5.76 Å². The number of aryl methyl sites for hydroxylation is 1. The van der Waals surface area contributed by atoms with Crippen molar-refractivity contribution in [3.8, 4) is 0 Å². The molecule has 6 heteroatoms. The van der Waals surface area contributed by atoms with E-state index in [4.69, 9.17) is 4.42 Å². The Morgan fingerprint density at radius 1 is 1.19 bits per heavy atom. The van der Waals surface area contributed by atoms with Crippen molar-refractivity contribution in [3.63, 3.8) is 0 Å². The fraction of sp³-hybridized carbons (Fsp3) is 0.450. The predicted octanol–water partition coefficient (Wildman–Crippen LogP) is 3.77. The highest BCUT2D eigenvalue weighted by Gasteiger charge is 2.26. The zero-order chi connectivity index (χ0) is 18.3. The maximum absolute atomic E-state index is 10.6. The van der Waals surface area contributed by atoms with Crippen LogP contribution in [0.5, 0.6) is 0 Å². The van der Waals surface area contributed by atoms with E-state index in [2.05, 4.69) is 46.4 Å². The third kappa shape index (κ3) is 6.32. The highest BCUT2D eigenvalue weighted by Crippen LogP contribution is 2.21. The Labute approximate surface area is 173 Å². The number of benzene rings is 1. The molecule has 26 heavy (non-hydrogen) atoms. The molecule has 1 aromatic heterocycles. The molecule has 2 N–H and O–H groups in total. The van der Waals surface area contributed by atoms with E-state index < -0.39 is 5.60 Å². The molecular formula is C20H30IN3O2. The van der Waals surface area contributed by atoms with Crippen molar-refractivity contribution in [2.45, 2.75) is 39.3 Å². The van der Waals surface area contributed by atoms with Gasteiger partial charge in [0.1, 0.15) is 11.4 Å². The van der Waals surface area contributed by atoms with E-state index in [9.17, 15) is 5.11 Å². The summed E-state index contributed by atoms with van der Waals surface area (Å²) >= 11 is 0. The van der Waals surface area contributed by atoms with Gasteiger partial charge in [0.2, 0.25) is 0 Å². The molecule has 0 radical (unpaired) electrons. The number of rotatable bonds is 7. The molecule has 0 spiro atoms. The van der Waals surface area contributed by atoms with Crippen LogP contribution < -0.4 is 5.32 Å². The minimum atomic E-state index is -1.13. The summed E-state index contributed by atoms with van der Waals surface area (Å²) in [5.41, 5.74) is 1.43.